The van der Waals surface area contributed by atoms with E-state index >= 15 is 0 Å². The monoisotopic (exact) mass is 494 g/mol. The Morgan fingerprint density at radius 1 is 1.11 bits per heavy atom. The third kappa shape index (κ3) is 3.72. The van der Waals surface area contributed by atoms with E-state index < -0.39 is 5.76 Å². The van der Waals surface area contributed by atoms with E-state index in [0.29, 0.717) is 25.0 Å². The van der Waals surface area contributed by atoms with E-state index in [9.17, 15) is 4.79 Å². The number of aromatic nitrogens is 4. The summed E-state index contributed by atoms with van der Waals surface area (Å²) < 4.78 is 19.1. The van der Waals surface area contributed by atoms with Crippen molar-refractivity contribution >= 4 is 22.2 Å². The Morgan fingerprint density at radius 2 is 1.92 bits per heavy atom. The third-order valence-electron chi connectivity index (χ3n) is 6.78. The summed E-state index contributed by atoms with van der Waals surface area (Å²) in [5, 5.41) is 3.96. The number of hydrogen-bond donors (Lipinski definition) is 1. The molecular weight excluding hydrogens is 468 g/mol. The van der Waals surface area contributed by atoms with Crippen LogP contribution in [0.5, 0.6) is 11.8 Å². The van der Waals surface area contributed by atoms with Crippen molar-refractivity contribution in [2.45, 2.75) is 34.3 Å². The van der Waals surface area contributed by atoms with E-state index in [-0.39, 0.29) is 0 Å². The van der Waals surface area contributed by atoms with Gasteiger partial charge in [0.05, 0.1) is 23.3 Å². The lowest BCUT2D eigenvalue weighted by Crippen LogP contribution is -2.04. The average molecular weight is 495 g/mol. The summed E-state index contributed by atoms with van der Waals surface area (Å²) in [6.07, 6.45) is 0. The number of allylic oxidation sites excluding steroid dienone is 1. The van der Waals surface area contributed by atoms with Crippen molar-refractivity contribution in [1.82, 2.24) is 19.7 Å². The number of aromatic amines is 1. The van der Waals surface area contributed by atoms with E-state index in [4.69, 9.17) is 19.0 Å². The van der Waals surface area contributed by atoms with E-state index in [1.165, 1.54) is 0 Å². The summed E-state index contributed by atoms with van der Waals surface area (Å²) in [6.45, 7) is 8.87. The summed E-state index contributed by atoms with van der Waals surface area (Å²) in [6, 6.07) is 18.9. The Hall–Kier alpha value is -4.59. The molecule has 1 aliphatic rings. The minimum atomic E-state index is -0.592. The predicted molar refractivity (Wildman–Crippen MR) is 141 cm³/mol. The SMILES string of the molecule is CCOc1nc2c(C)cccc2n1-c1ccc2c(c1)COc1cccc(C)c1/C2=C(/C)c1noc(=O)[nH]1. The first-order valence-corrected chi connectivity index (χ1v) is 12.2. The fraction of sp³-hybridized carbons (Fsp3) is 0.207. The van der Waals surface area contributed by atoms with Gasteiger partial charge in [-0.1, -0.05) is 35.5 Å². The molecule has 0 unspecified atom stereocenters. The third-order valence-corrected chi connectivity index (χ3v) is 6.78. The van der Waals surface area contributed by atoms with Crippen LogP contribution in [0.25, 0.3) is 27.9 Å². The van der Waals surface area contributed by atoms with Gasteiger partial charge in [0.1, 0.15) is 12.4 Å². The van der Waals surface area contributed by atoms with E-state index in [1.54, 1.807) is 0 Å². The molecule has 3 aromatic carbocycles. The molecule has 3 heterocycles. The second kappa shape index (κ2) is 8.81. The maximum absolute atomic E-state index is 11.7. The number of nitrogens with zero attached hydrogens (tertiary/aromatic N) is 3. The van der Waals surface area contributed by atoms with Crippen molar-refractivity contribution in [3.05, 3.63) is 98.8 Å². The topological polar surface area (TPSA) is 95.2 Å². The maximum Gasteiger partial charge on any atom is 0.439 e. The van der Waals surface area contributed by atoms with Crippen LogP contribution in [0, 0.1) is 13.8 Å². The molecule has 186 valence electrons. The first kappa shape index (κ1) is 22.8. The molecule has 0 atom stereocenters. The summed E-state index contributed by atoms with van der Waals surface area (Å²) in [5.74, 6) is 0.573. The van der Waals surface area contributed by atoms with Gasteiger partial charge in [0, 0.05) is 11.1 Å². The molecule has 8 nitrogen and oxygen atoms in total. The van der Waals surface area contributed by atoms with Crippen LogP contribution in [0.15, 0.2) is 63.9 Å². The van der Waals surface area contributed by atoms with Gasteiger partial charge in [0.25, 0.3) is 0 Å². The normalized spacial score (nSPS) is 14.1. The second-order valence-corrected chi connectivity index (χ2v) is 9.13. The first-order chi connectivity index (χ1) is 18.0. The van der Waals surface area contributed by atoms with Crippen LogP contribution in [-0.4, -0.2) is 26.3 Å². The van der Waals surface area contributed by atoms with Gasteiger partial charge < -0.3 is 9.47 Å². The highest BCUT2D eigenvalue weighted by Crippen LogP contribution is 2.43. The van der Waals surface area contributed by atoms with Crippen LogP contribution in [-0.2, 0) is 6.61 Å². The molecule has 0 radical (unpaired) electrons. The number of aryl methyl sites for hydroxylation is 2. The van der Waals surface area contributed by atoms with Crippen molar-refractivity contribution in [2.75, 3.05) is 6.61 Å². The molecule has 1 aliphatic heterocycles. The van der Waals surface area contributed by atoms with Crippen molar-refractivity contribution in [1.29, 1.82) is 0 Å². The highest BCUT2D eigenvalue weighted by atomic mass is 16.5. The molecule has 1 N–H and O–H groups in total. The number of para-hydroxylation sites is 1. The van der Waals surface area contributed by atoms with E-state index in [2.05, 4.69) is 47.4 Å². The van der Waals surface area contributed by atoms with Crippen molar-refractivity contribution < 1.29 is 14.0 Å². The quantitative estimate of drug-likeness (QED) is 0.350. The minimum Gasteiger partial charge on any atom is -0.488 e. The van der Waals surface area contributed by atoms with Crippen molar-refractivity contribution in [3.8, 4) is 17.4 Å². The van der Waals surface area contributed by atoms with Crippen LogP contribution in [0.4, 0.5) is 0 Å². The summed E-state index contributed by atoms with van der Waals surface area (Å²) in [4.78, 5) is 19.2. The maximum atomic E-state index is 11.7. The van der Waals surface area contributed by atoms with Gasteiger partial charge in [-0.25, -0.2) is 4.79 Å². The van der Waals surface area contributed by atoms with E-state index in [0.717, 1.165) is 61.4 Å². The second-order valence-electron chi connectivity index (χ2n) is 9.13. The number of imidazole rings is 1. The zero-order valence-corrected chi connectivity index (χ0v) is 21.1. The molecule has 0 aliphatic carbocycles. The van der Waals surface area contributed by atoms with Crippen LogP contribution in [0.1, 0.15) is 47.5 Å². The zero-order chi connectivity index (χ0) is 25.7. The van der Waals surface area contributed by atoms with Crippen LogP contribution >= 0.6 is 0 Å². The predicted octanol–water partition coefficient (Wildman–Crippen LogP) is 5.59. The fourth-order valence-corrected chi connectivity index (χ4v) is 5.05. The Bertz CT molecular complexity index is 1760. The lowest BCUT2D eigenvalue weighted by Gasteiger charge is -2.17. The number of ether oxygens (including phenoxy) is 2. The molecule has 5 aromatic rings. The molecule has 6 rings (SSSR count). The molecule has 0 saturated carbocycles. The van der Waals surface area contributed by atoms with Gasteiger partial charge in [-0.05, 0) is 79.8 Å². The van der Waals surface area contributed by atoms with Gasteiger partial charge in [-0.3, -0.25) is 14.1 Å². The van der Waals surface area contributed by atoms with Gasteiger partial charge in [-0.2, -0.15) is 4.98 Å². The van der Waals surface area contributed by atoms with Crippen molar-refractivity contribution in [3.63, 3.8) is 0 Å². The van der Waals surface area contributed by atoms with Gasteiger partial charge in [-0.15, -0.1) is 0 Å². The molecule has 8 heteroatoms. The highest BCUT2D eigenvalue weighted by Gasteiger charge is 2.26. The smallest absolute Gasteiger partial charge is 0.439 e. The first-order valence-electron chi connectivity index (χ1n) is 12.2. The summed E-state index contributed by atoms with van der Waals surface area (Å²) in [7, 11) is 0. The molecule has 0 saturated heterocycles. The average Bonchev–Trinajstić information content (AvgIpc) is 3.44. The van der Waals surface area contributed by atoms with Crippen LogP contribution in [0.3, 0.4) is 0 Å². The number of benzene rings is 3. The summed E-state index contributed by atoms with van der Waals surface area (Å²) >= 11 is 0. The number of hydrogen-bond acceptors (Lipinski definition) is 6. The zero-order valence-electron chi connectivity index (χ0n) is 21.1. The number of rotatable bonds is 4. The van der Waals surface area contributed by atoms with Crippen molar-refractivity contribution in [2.24, 2.45) is 0 Å². The number of fused-ring (bicyclic) bond motifs is 3. The largest absolute Gasteiger partial charge is 0.488 e. The highest BCUT2D eigenvalue weighted by molar-refractivity contribution is 6.00. The minimum absolute atomic E-state index is 0.376. The van der Waals surface area contributed by atoms with Gasteiger partial charge in [0.15, 0.2) is 5.82 Å². The summed E-state index contributed by atoms with van der Waals surface area (Å²) in [5.41, 5.74) is 9.64. The molecule has 0 spiro atoms. The Balaban J connectivity index is 1.60. The van der Waals surface area contributed by atoms with Gasteiger partial charge in [0.2, 0.25) is 0 Å². The molecule has 0 fully saturated rings. The number of nitrogens with one attached hydrogen (secondary N) is 1. The Kier molecular flexibility index (Phi) is 5.44. The molecule has 0 bridgehead atoms. The lowest BCUT2D eigenvalue weighted by atomic mass is 9.88. The molecular formula is C29H26N4O4. The number of H-pyrrole nitrogens is 1. The standard InChI is InChI=1S/C29H26N4O4/c1-5-35-28-30-26-17(3)9-6-10-22(26)33(28)20-12-13-21-19(14-20)15-36-23-11-7-8-16(2)24(23)25(21)18(4)27-31-29(34)37-32-27/h6-14H,5,15H2,1-4H3,(H,31,32,34)/b25-18-. The van der Waals surface area contributed by atoms with Gasteiger partial charge >= 0.3 is 11.8 Å². The van der Waals surface area contributed by atoms with E-state index in [1.807, 2.05) is 49.6 Å². The Morgan fingerprint density at radius 3 is 2.70 bits per heavy atom. The molecule has 0 amide bonds. The Labute approximate surface area is 213 Å². The molecule has 37 heavy (non-hydrogen) atoms. The molecule has 2 aromatic heterocycles. The van der Waals surface area contributed by atoms with Crippen LogP contribution in [0.2, 0.25) is 0 Å². The lowest BCUT2D eigenvalue weighted by molar-refractivity contribution is 0.305. The fourth-order valence-electron chi connectivity index (χ4n) is 5.05. The van der Waals surface area contributed by atoms with Crippen LogP contribution < -0.4 is 15.2 Å².